The summed E-state index contributed by atoms with van der Waals surface area (Å²) in [6.45, 7) is 10.6. The number of Topliss-reactive ketones (excluding diaryl/α,β-unsaturated/α-hetero) is 1. The molecule has 1 unspecified atom stereocenters. The molecule has 0 bridgehead atoms. The SMILES string of the molecule is CCC1CN(C)C2=C(N[C@](N)(Nc3nccc(Sc4cnc(N5CCC6(CC5)CC(=O)[C@@H](C)[C@@H]6N)cn4)c3Cl)NC2=O)N1C(C)C. The second-order valence-corrected chi connectivity index (χ2v) is 14.7. The highest BCUT2D eigenvalue weighted by Gasteiger charge is 2.51. The average molecular weight is 670 g/mol. The van der Waals surface area contributed by atoms with E-state index in [9.17, 15) is 9.59 Å². The van der Waals surface area contributed by atoms with Crippen LogP contribution in [0.2, 0.25) is 5.02 Å². The van der Waals surface area contributed by atoms with E-state index < -0.39 is 5.91 Å². The van der Waals surface area contributed by atoms with Crippen molar-refractivity contribution < 1.29 is 9.59 Å². The minimum Gasteiger partial charge on any atom is -0.365 e. The van der Waals surface area contributed by atoms with E-state index in [4.69, 9.17) is 23.1 Å². The molecule has 46 heavy (non-hydrogen) atoms. The third-order valence-electron chi connectivity index (χ3n) is 9.97. The van der Waals surface area contributed by atoms with Gasteiger partial charge in [0, 0.05) is 68.2 Å². The lowest BCUT2D eigenvalue weighted by atomic mass is 9.73. The van der Waals surface area contributed by atoms with Gasteiger partial charge in [-0.1, -0.05) is 37.2 Å². The quantitative estimate of drug-likeness (QED) is 0.273. The fourth-order valence-corrected chi connectivity index (χ4v) is 8.40. The van der Waals surface area contributed by atoms with E-state index in [2.05, 4.69) is 61.5 Å². The first kappa shape index (κ1) is 32.6. The van der Waals surface area contributed by atoms with Crippen LogP contribution in [0.25, 0.3) is 0 Å². The van der Waals surface area contributed by atoms with Crippen LogP contribution in [0.3, 0.4) is 0 Å². The van der Waals surface area contributed by atoms with E-state index in [0.29, 0.717) is 38.7 Å². The minimum absolute atomic E-state index is 0.0700. The Balaban J connectivity index is 1.14. The van der Waals surface area contributed by atoms with E-state index in [-0.39, 0.29) is 41.1 Å². The molecule has 1 amide bonds. The normalized spacial score (nSPS) is 27.7. The number of nitrogens with one attached hydrogen (secondary N) is 3. The fraction of sp³-hybridized carbons (Fsp3) is 0.581. The molecule has 3 aliphatic heterocycles. The fourth-order valence-electron chi connectivity index (χ4n) is 7.37. The third-order valence-corrected chi connectivity index (χ3v) is 11.4. The number of piperidine rings is 1. The molecular formula is C31H44ClN11O2S. The van der Waals surface area contributed by atoms with Crippen LogP contribution in [-0.2, 0) is 9.59 Å². The van der Waals surface area contributed by atoms with Gasteiger partial charge in [-0.05, 0) is 44.6 Å². The van der Waals surface area contributed by atoms with Crippen molar-refractivity contribution in [1.29, 1.82) is 0 Å². The summed E-state index contributed by atoms with van der Waals surface area (Å²) in [4.78, 5) is 46.5. The molecule has 0 aromatic carbocycles. The van der Waals surface area contributed by atoms with Gasteiger partial charge in [0.1, 0.15) is 34.0 Å². The van der Waals surface area contributed by atoms with Gasteiger partial charge in [-0.2, -0.15) is 0 Å². The molecule has 0 radical (unpaired) electrons. The number of likely N-dealkylation sites (N-methyl/N-ethyl adjacent to an activating group) is 1. The zero-order valence-electron chi connectivity index (χ0n) is 27.0. The average Bonchev–Trinajstić information content (AvgIpc) is 3.21. The zero-order valence-corrected chi connectivity index (χ0v) is 28.6. The number of amides is 1. The first-order valence-corrected chi connectivity index (χ1v) is 17.1. The maximum Gasteiger partial charge on any atom is 0.275 e. The maximum absolute atomic E-state index is 13.4. The summed E-state index contributed by atoms with van der Waals surface area (Å²) in [5.41, 5.74) is 13.6. The van der Waals surface area contributed by atoms with Crippen molar-refractivity contribution in [2.24, 2.45) is 22.8 Å². The number of nitrogens with two attached hydrogens (primary N) is 2. The number of ketones is 1. The molecule has 1 saturated carbocycles. The van der Waals surface area contributed by atoms with Crippen molar-refractivity contribution in [2.75, 3.05) is 36.9 Å². The minimum atomic E-state index is -1.54. The number of rotatable bonds is 7. The highest BCUT2D eigenvalue weighted by molar-refractivity contribution is 7.99. The van der Waals surface area contributed by atoms with Crippen LogP contribution < -0.4 is 32.3 Å². The van der Waals surface area contributed by atoms with Crippen molar-refractivity contribution in [1.82, 2.24) is 35.4 Å². The number of anilines is 2. The second-order valence-electron chi connectivity index (χ2n) is 13.2. The summed E-state index contributed by atoms with van der Waals surface area (Å²) in [5.74, 6) is 0.151. The molecule has 7 N–H and O–H groups in total. The lowest BCUT2D eigenvalue weighted by Crippen LogP contribution is -2.76. The van der Waals surface area contributed by atoms with Crippen LogP contribution in [0, 0.1) is 11.3 Å². The molecule has 1 spiro atoms. The lowest BCUT2D eigenvalue weighted by molar-refractivity contribution is -0.123. The molecule has 13 nitrogen and oxygen atoms in total. The predicted molar refractivity (Wildman–Crippen MR) is 179 cm³/mol. The summed E-state index contributed by atoms with van der Waals surface area (Å²) in [7, 11) is 1.92. The monoisotopic (exact) mass is 669 g/mol. The number of carbonyl (C=O) groups is 2. The van der Waals surface area contributed by atoms with Gasteiger partial charge in [0.15, 0.2) is 0 Å². The second kappa shape index (κ2) is 12.4. The van der Waals surface area contributed by atoms with Crippen LogP contribution in [-0.4, -0.2) is 87.2 Å². The van der Waals surface area contributed by atoms with Gasteiger partial charge in [0.2, 0.25) is 5.91 Å². The number of aromatic nitrogens is 3. The summed E-state index contributed by atoms with van der Waals surface area (Å²) >= 11 is 8.20. The molecule has 6 rings (SSSR count). The molecule has 5 heterocycles. The number of hydrogen-bond donors (Lipinski definition) is 5. The third kappa shape index (κ3) is 5.84. The standard InChI is InChI=1S/C31H44ClN11O2S/c1-6-19-16-41(5)25-28(43(19)17(2)3)39-31(34,40-29(25)45)38-27-24(32)21(7-10-35-27)46-23-15-36-22(14-37-23)42-11-8-30(9-12-42)13-20(44)18(4)26(30)33/h7,10,14-15,17-19,26,39H,6,8-9,11-13,16,33-34H2,1-5H3,(H,35,38)(H,40,45)/t18-,19?,26+,31+/m1/s1. The van der Waals surface area contributed by atoms with Crippen LogP contribution >= 0.6 is 23.4 Å². The summed E-state index contributed by atoms with van der Waals surface area (Å²) in [6.07, 6.45) is 8.35. The van der Waals surface area contributed by atoms with E-state index in [0.717, 1.165) is 44.7 Å². The molecule has 15 heteroatoms. The highest BCUT2D eigenvalue weighted by Crippen LogP contribution is 2.46. The van der Waals surface area contributed by atoms with Gasteiger partial charge in [0.05, 0.1) is 17.4 Å². The Kier molecular flexibility index (Phi) is 8.76. The maximum atomic E-state index is 13.4. The Labute approximate surface area is 279 Å². The Morgan fingerprint density at radius 2 is 1.91 bits per heavy atom. The summed E-state index contributed by atoms with van der Waals surface area (Å²) in [5, 5.41) is 10.3. The van der Waals surface area contributed by atoms with Crippen LogP contribution in [0.15, 0.2) is 46.1 Å². The molecular weight excluding hydrogens is 626 g/mol. The van der Waals surface area contributed by atoms with E-state index >= 15 is 0 Å². The van der Waals surface area contributed by atoms with Crippen molar-refractivity contribution >= 4 is 46.7 Å². The van der Waals surface area contributed by atoms with Gasteiger partial charge in [-0.25, -0.2) is 15.0 Å². The highest BCUT2D eigenvalue weighted by atomic mass is 35.5. The van der Waals surface area contributed by atoms with Gasteiger partial charge in [-0.3, -0.25) is 20.6 Å². The molecule has 2 fully saturated rings. The molecule has 4 atom stereocenters. The molecule has 1 aliphatic carbocycles. The lowest BCUT2D eigenvalue weighted by Gasteiger charge is -2.51. The van der Waals surface area contributed by atoms with Crippen LogP contribution in [0.5, 0.6) is 0 Å². The molecule has 248 valence electrons. The summed E-state index contributed by atoms with van der Waals surface area (Å²) in [6, 6.07) is 2.07. The zero-order chi connectivity index (χ0) is 33.0. The molecule has 2 aromatic rings. The van der Waals surface area contributed by atoms with Crippen LogP contribution in [0.4, 0.5) is 11.6 Å². The Hall–Kier alpha value is -3.33. The first-order valence-electron chi connectivity index (χ1n) is 15.9. The summed E-state index contributed by atoms with van der Waals surface area (Å²) < 4.78 is 0. The molecule has 1 saturated heterocycles. The van der Waals surface area contributed by atoms with Gasteiger partial charge in [-0.15, -0.1) is 0 Å². The van der Waals surface area contributed by atoms with Gasteiger partial charge >= 0.3 is 0 Å². The van der Waals surface area contributed by atoms with E-state index in [1.165, 1.54) is 11.8 Å². The number of pyridine rings is 1. The number of hydrogen-bond acceptors (Lipinski definition) is 13. The van der Waals surface area contributed by atoms with Crippen molar-refractivity contribution in [2.45, 2.75) is 87.3 Å². The van der Waals surface area contributed by atoms with Crippen molar-refractivity contribution in [3.8, 4) is 0 Å². The Morgan fingerprint density at radius 3 is 2.52 bits per heavy atom. The number of halogens is 1. The van der Waals surface area contributed by atoms with Crippen molar-refractivity contribution in [3.05, 3.63) is 41.2 Å². The van der Waals surface area contributed by atoms with Crippen LogP contribution in [0.1, 0.15) is 53.4 Å². The molecule has 4 aliphatic rings. The Bertz CT molecular complexity index is 1530. The van der Waals surface area contributed by atoms with Crippen molar-refractivity contribution in [3.63, 3.8) is 0 Å². The number of carbonyl (C=O) groups excluding carboxylic acids is 2. The Morgan fingerprint density at radius 1 is 1.17 bits per heavy atom. The largest absolute Gasteiger partial charge is 0.365 e. The number of nitrogens with zero attached hydrogens (tertiary/aromatic N) is 6. The van der Waals surface area contributed by atoms with E-state index in [1.54, 1.807) is 24.7 Å². The predicted octanol–water partition coefficient (Wildman–Crippen LogP) is 2.50. The molecule has 2 aromatic heterocycles. The smallest absolute Gasteiger partial charge is 0.275 e. The topological polar surface area (TPSA) is 171 Å². The first-order chi connectivity index (χ1) is 21.8. The van der Waals surface area contributed by atoms with Gasteiger partial charge in [0.25, 0.3) is 5.91 Å². The van der Waals surface area contributed by atoms with E-state index in [1.807, 2.05) is 18.9 Å². The van der Waals surface area contributed by atoms with Gasteiger partial charge < -0.3 is 31.1 Å².